The zero-order chi connectivity index (χ0) is 17.0. The highest BCUT2D eigenvalue weighted by Gasteiger charge is 2.20. The van der Waals surface area contributed by atoms with E-state index in [0.29, 0.717) is 5.56 Å². The Balaban J connectivity index is 2.19. The largest absolute Gasteiger partial charge is 0.457 e. The number of nitrogens with zero attached hydrogens (tertiary/aromatic N) is 2. The standard InChI is InChI=1S/C14H9FN2O6/c15-11-3-1-9(2-4-11)8-23-14(18)10-5-12(16(19)20)7-13(6-10)17(21)22/h1-7H,8H2. The highest BCUT2D eigenvalue weighted by molar-refractivity contribution is 5.91. The summed E-state index contributed by atoms with van der Waals surface area (Å²) in [5.41, 5.74) is -0.992. The summed E-state index contributed by atoms with van der Waals surface area (Å²) in [7, 11) is 0. The molecule has 0 saturated heterocycles. The maximum Gasteiger partial charge on any atom is 0.338 e. The zero-order valence-corrected chi connectivity index (χ0v) is 11.5. The molecule has 23 heavy (non-hydrogen) atoms. The molecule has 0 amide bonds. The van der Waals surface area contributed by atoms with E-state index in [-0.39, 0.29) is 12.2 Å². The monoisotopic (exact) mass is 320 g/mol. The maximum absolute atomic E-state index is 12.8. The number of halogens is 1. The minimum atomic E-state index is -0.957. The van der Waals surface area contributed by atoms with Crippen LogP contribution in [0.3, 0.4) is 0 Å². The number of hydrogen-bond donors (Lipinski definition) is 0. The molecule has 9 heteroatoms. The van der Waals surface area contributed by atoms with Gasteiger partial charge in [-0.05, 0) is 17.7 Å². The van der Waals surface area contributed by atoms with Crippen LogP contribution in [0.2, 0.25) is 0 Å². The minimum absolute atomic E-state index is 0.199. The number of ether oxygens (including phenoxy) is 1. The highest BCUT2D eigenvalue weighted by atomic mass is 19.1. The summed E-state index contributed by atoms with van der Waals surface area (Å²) < 4.78 is 17.7. The lowest BCUT2D eigenvalue weighted by Gasteiger charge is -2.05. The lowest BCUT2D eigenvalue weighted by atomic mass is 10.1. The molecule has 0 aliphatic rings. The minimum Gasteiger partial charge on any atom is -0.457 e. The summed E-state index contributed by atoms with van der Waals surface area (Å²) in [6.45, 7) is -0.199. The number of carbonyl (C=O) groups excluding carboxylic acids is 1. The Kier molecular flexibility index (Phi) is 4.60. The first kappa shape index (κ1) is 16.0. The van der Waals surface area contributed by atoms with Crippen molar-refractivity contribution in [3.05, 3.63) is 79.6 Å². The molecule has 8 nitrogen and oxygen atoms in total. The number of rotatable bonds is 5. The van der Waals surface area contributed by atoms with Gasteiger partial charge in [-0.25, -0.2) is 9.18 Å². The first-order valence-electron chi connectivity index (χ1n) is 6.22. The quantitative estimate of drug-likeness (QED) is 0.475. The van der Waals surface area contributed by atoms with E-state index in [4.69, 9.17) is 4.74 Å². The number of benzene rings is 2. The summed E-state index contributed by atoms with van der Waals surface area (Å²) in [6.07, 6.45) is 0. The van der Waals surface area contributed by atoms with Gasteiger partial charge in [0.05, 0.1) is 21.5 Å². The fourth-order valence-corrected chi connectivity index (χ4v) is 1.74. The Morgan fingerprint density at radius 1 is 1.00 bits per heavy atom. The van der Waals surface area contributed by atoms with Crippen LogP contribution in [0.5, 0.6) is 0 Å². The van der Waals surface area contributed by atoms with E-state index in [1.807, 2.05) is 0 Å². The summed E-state index contributed by atoms with van der Waals surface area (Å²) in [6, 6.07) is 7.69. The number of carbonyl (C=O) groups is 1. The van der Waals surface area contributed by atoms with E-state index in [1.165, 1.54) is 24.3 Å². The Morgan fingerprint density at radius 3 is 2.00 bits per heavy atom. The van der Waals surface area contributed by atoms with Gasteiger partial charge in [0.25, 0.3) is 11.4 Å². The SMILES string of the molecule is O=C(OCc1ccc(F)cc1)c1cc([N+](=O)[O-])cc([N+](=O)[O-])c1. The first-order valence-corrected chi connectivity index (χ1v) is 6.22. The van der Waals surface area contributed by atoms with E-state index >= 15 is 0 Å². The van der Waals surface area contributed by atoms with Crippen LogP contribution in [0.25, 0.3) is 0 Å². The molecule has 118 valence electrons. The Labute approximate surface area is 128 Å². The maximum atomic E-state index is 12.8. The Morgan fingerprint density at radius 2 is 1.52 bits per heavy atom. The van der Waals surface area contributed by atoms with Crippen LogP contribution in [0, 0.1) is 26.0 Å². The van der Waals surface area contributed by atoms with Gasteiger partial charge in [-0.2, -0.15) is 0 Å². The van der Waals surface area contributed by atoms with Crippen molar-refractivity contribution in [3.8, 4) is 0 Å². The van der Waals surface area contributed by atoms with Crippen LogP contribution in [0.15, 0.2) is 42.5 Å². The van der Waals surface area contributed by atoms with E-state index in [9.17, 15) is 29.4 Å². The van der Waals surface area contributed by atoms with Crippen molar-refractivity contribution in [3.63, 3.8) is 0 Å². The van der Waals surface area contributed by atoms with Crippen molar-refractivity contribution < 1.29 is 23.8 Å². The van der Waals surface area contributed by atoms with Crippen LogP contribution >= 0.6 is 0 Å². The molecule has 0 radical (unpaired) electrons. The smallest absolute Gasteiger partial charge is 0.338 e. The predicted octanol–water partition coefficient (Wildman–Crippen LogP) is 3.00. The van der Waals surface area contributed by atoms with Gasteiger partial charge in [-0.1, -0.05) is 12.1 Å². The molecular weight excluding hydrogens is 311 g/mol. The van der Waals surface area contributed by atoms with Crippen LogP contribution < -0.4 is 0 Å². The molecular formula is C14H9FN2O6. The molecule has 2 aromatic carbocycles. The molecule has 0 aliphatic carbocycles. The molecule has 0 bridgehead atoms. The van der Waals surface area contributed by atoms with Gasteiger partial charge >= 0.3 is 5.97 Å². The molecule has 0 spiro atoms. The van der Waals surface area contributed by atoms with Gasteiger partial charge in [0.1, 0.15) is 12.4 Å². The molecule has 0 atom stereocenters. The average Bonchev–Trinajstić information content (AvgIpc) is 2.53. The zero-order valence-electron chi connectivity index (χ0n) is 11.5. The van der Waals surface area contributed by atoms with Crippen molar-refractivity contribution in [2.45, 2.75) is 6.61 Å². The lowest BCUT2D eigenvalue weighted by Crippen LogP contribution is -2.07. The number of non-ortho nitro benzene ring substituents is 2. The summed E-state index contributed by atoms with van der Waals surface area (Å²) in [5.74, 6) is -1.41. The Hall–Kier alpha value is -3.36. The third kappa shape index (κ3) is 4.06. The first-order chi connectivity index (χ1) is 10.9. The van der Waals surface area contributed by atoms with Gasteiger partial charge in [0, 0.05) is 12.1 Å². The van der Waals surface area contributed by atoms with E-state index in [0.717, 1.165) is 18.2 Å². The third-order valence-electron chi connectivity index (χ3n) is 2.84. The lowest BCUT2D eigenvalue weighted by molar-refractivity contribution is -0.394. The highest BCUT2D eigenvalue weighted by Crippen LogP contribution is 2.23. The molecule has 2 aromatic rings. The Bertz CT molecular complexity index is 743. The second kappa shape index (κ2) is 6.60. The van der Waals surface area contributed by atoms with Gasteiger partial charge in [-0.15, -0.1) is 0 Å². The summed E-state index contributed by atoms with van der Waals surface area (Å²) >= 11 is 0. The van der Waals surface area contributed by atoms with E-state index in [1.54, 1.807) is 0 Å². The van der Waals surface area contributed by atoms with Crippen molar-refractivity contribution >= 4 is 17.3 Å². The van der Waals surface area contributed by atoms with Gasteiger partial charge in [-0.3, -0.25) is 20.2 Å². The summed E-state index contributed by atoms with van der Waals surface area (Å²) in [5, 5.41) is 21.5. The number of esters is 1. The van der Waals surface area contributed by atoms with Crippen molar-refractivity contribution in [2.24, 2.45) is 0 Å². The van der Waals surface area contributed by atoms with Gasteiger partial charge < -0.3 is 4.74 Å². The number of hydrogen-bond acceptors (Lipinski definition) is 6. The van der Waals surface area contributed by atoms with Crippen molar-refractivity contribution in [1.82, 2.24) is 0 Å². The molecule has 0 heterocycles. The topological polar surface area (TPSA) is 113 Å². The van der Waals surface area contributed by atoms with Crippen LogP contribution in [0.4, 0.5) is 15.8 Å². The second-order valence-electron chi connectivity index (χ2n) is 4.45. The fraction of sp³-hybridized carbons (Fsp3) is 0.0714. The molecule has 0 fully saturated rings. The second-order valence-corrected chi connectivity index (χ2v) is 4.45. The molecule has 0 unspecified atom stereocenters. The number of nitro benzene ring substituents is 2. The van der Waals surface area contributed by atoms with Crippen LogP contribution in [0.1, 0.15) is 15.9 Å². The van der Waals surface area contributed by atoms with Crippen LogP contribution in [-0.4, -0.2) is 15.8 Å². The van der Waals surface area contributed by atoms with Gasteiger partial charge in [0.2, 0.25) is 0 Å². The van der Waals surface area contributed by atoms with Gasteiger partial charge in [0.15, 0.2) is 0 Å². The molecule has 0 aromatic heterocycles. The van der Waals surface area contributed by atoms with Crippen molar-refractivity contribution in [2.75, 3.05) is 0 Å². The average molecular weight is 320 g/mol. The molecule has 2 rings (SSSR count). The summed E-state index contributed by atoms with van der Waals surface area (Å²) in [4.78, 5) is 31.7. The molecule has 0 aliphatic heterocycles. The van der Waals surface area contributed by atoms with E-state index < -0.39 is 33.0 Å². The van der Waals surface area contributed by atoms with E-state index in [2.05, 4.69) is 0 Å². The van der Waals surface area contributed by atoms with Crippen molar-refractivity contribution in [1.29, 1.82) is 0 Å². The third-order valence-corrected chi connectivity index (χ3v) is 2.84. The molecule has 0 N–H and O–H groups in total. The number of nitro groups is 2. The van der Waals surface area contributed by atoms with Crippen LogP contribution in [-0.2, 0) is 11.3 Å². The molecule has 0 saturated carbocycles. The fourth-order valence-electron chi connectivity index (χ4n) is 1.74. The normalized spacial score (nSPS) is 10.1. The predicted molar refractivity (Wildman–Crippen MR) is 75.3 cm³/mol.